The molecule has 0 radical (unpaired) electrons. The van der Waals surface area contributed by atoms with Gasteiger partial charge in [0.05, 0.1) is 12.6 Å². The van der Waals surface area contributed by atoms with E-state index < -0.39 is 12.0 Å². The molecule has 1 rings (SSSR count). The summed E-state index contributed by atoms with van der Waals surface area (Å²) in [5, 5.41) is 21.2. The van der Waals surface area contributed by atoms with E-state index in [1.165, 1.54) is 0 Å². The largest absolute Gasteiger partial charge is 0.394 e. The van der Waals surface area contributed by atoms with E-state index in [1.54, 1.807) is 24.3 Å². The van der Waals surface area contributed by atoms with Gasteiger partial charge in [-0.05, 0) is 12.0 Å². The van der Waals surface area contributed by atoms with Crippen LogP contribution < -0.4 is 5.32 Å². The Morgan fingerprint density at radius 1 is 1.38 bits per heavy atom. The van der Waals surface area contributed by atoms with E-state index in [0.29, 0.717) is 12.0 Å². The van der Waals surface area contributed by atoms with Gasteiger partial charge in [0.2, 0.25) is 0 Å². The number of carbonyl (C=O) groups is 1. The number of amides is 1. The molecule has 0 saturated heterocycles. The van der Waals surface area contributed by atoms with E-state index in [2.05, 4.69) is 5.32 Å². The Bertz CT molecular complexity index is 322. The highest BCUT2D eigenvalue weighted by molar-refractivity contribution is 5.82. The number of benzene rings is 1. The van der Waals surface area contributed by atoms with Gasteiger partial charge in [-0.25, -0.2) is 0 Å². The Labute approximate surface area is 94.9 Å². The normalized spacial score (nSPS) is 14.2. The summed E-state index contributed by atoms with van der Waals surface area (Å²) in [6, 6.07) is 8.40. The summed E-state index contributed by atoms with van der Waals surface area (Å²) >= 11 is 0. The first kappa shape index (κ1) is 12.7. The standard InChI is InChI=1S/C12H17NO3/c1-2-10(8-14)13-12(16)11(15)9-6-4-3-5-7-9/h3-7,10-11,14-15H,2,8H2,1H3,(H,13,16)/t10?,11-/m1/s1. The molecule has 1 aromatic carbocycles. The molecular formula is C12H17NO3. The van der Waals surface area contributed by atoms with Gasteiger partial charge in [-0.15, -0.1) is 0 Å². The fraction of sp³-hybridized carbons (Fsp3) is 0.417. The van der Waals surface area contributed by atoms with Crippen LogP contribution in [0.15, 0.2) is 30.3 Å². The summed E-state index contributed by atoms with van der Waals surface area (Å²) < 4.78 is 0. The summed E-state index contributed by atoms with van der Waals surface area (Å²) in [7, 11) is 0. The molecule has 2 atom stereocenters. The van der Waals surface area contributed by atoms with Gasteiger partial charge >= 0.3 is 0 Å². The van der Waals surface area contributed by atoms with Gasteiger partial charge in [-0.3, -0.25) is 4.79 Å². The minimum Gasteiger partial charge on any atom is -0.394 e. The summed E-state index contributed by atoms with van der Waals surface area (Å²) in [5.74, 6) is -0.480. The molecule has 4 nitrogen and oxygen atoms in total. The van der Waals surface area contributed by atoms with Crippen molar-refractivity contribution >= 4 is 5.91 Å². The zero-order valence-corrected chi connectivity index (χ0v) is 9.26. The van der Waals surface area contributed by atoms with E-state index in [9.17, 15) is 9.90 Å². The Morgan fingerprint density at radius 3 is 2.50 bits per heavy atom. The van der Waals surface area contributed by atoms with Crippen LogP contribution in [0.2, 0.25) is 0 Å². The van der Waals surface area contributed by atoms with Crippen LogP contribution in [0.25, 0.3) is 0 Å². The van der Waals surface area contributed by atoms with E-state index in [-0.39, 0.29) is 12.6 Å². The smallest absolute Gasteiger partial charge is 0.253 e. The predicted octanol–water partition coefficient (Wildman–Crippen LogP) is 0.607. The van der Waals surface area contributed by atoms with Crippen molar-refractivity contribution < 1.29 is 15.0 Å². The molecule has 1 amide bonds. The van der Waals surface area contributed by atoms with Crippen molar-refractivity contribution in [2.45, 2.75) is 25.5 Å². The van der Waals surface area contributed by atoms with Crippen molar-refractivity contribution in [1.29, 1.82) is 0 Å². The third kappa shape index (κ3) is 3.32. The number of hydrogen-bond donors (Lipinski definition) is 3. The number of aliphatic hydroxyl groups excluding tert-OH is 2. The Kier molecular flexibility index (Phi) is 4.95. The van der Waals surface area contributed by atoms with E-state index in [4.69, 9.17) is 5.11 Å². The Balaban J connectivity index is 2.61. The molecular weight excluding hydrogens is 206 g/mol. The molecule has 0 bridgehead atoms. The molecule has 0 saturated carbocycles. The van der Waals surface area contributed by atoms with Gasteiger partial charge in [0.15, 0.2) is 6.10 Å². The molecule has 0 aliphatic heterocycles. The maximum Gasteiger partial charge on any atom is 0.253 e. The highest BCUT2D eigenvalue weighted by Gasteiger charge is 2.19. The number of hydrogen-bond acceptors (Lipinski definition) is 3. The first-order valence-corrected chi connectivity index (χ1v) is 5.33. The first-order valence-electron chi connectivity index (χ1n) is 5.33. The molecule has 0 heterocycles. The van der Waals surface area contributed by atoms with Crippen LogP contribution in [-0.4, -0.2) is 28.8 Å². The minimum absolute atomic E-state index is 0.121. The summed E-state index contributed by atoms with van der Waals surface area (Å²) in [5.41, 5.74) is 0.549. The molecule has 0 spiro atoms. The third-order valence-corrected chi connectivity index (χ3v) is 2.42. The summed E-state index contributed by atoms with van der Waals surface area (Å²) in [6.07, 6.45) is -0.550. The second-order valence-electron chi connectivity index (χ2n) is 3.61. The predicted molar refractivity (Wildman–Crippen MR) is 60.7 cm³/mol. The molecule has 0 aliphatic rings. The first-order chi connectivity index (χ1) is 7.69. The quantitative estimate of drug-likeness (QED) is 0.685. The molecule has 1 unspecified atom stereocenters. The second kappa shape index (κ2) is 6.25. The van der Waals surface area contributed by atoms with Gasteiger partial charge < -0.3 is 15.5 Å². The average molecular weight is 223 g/mol. The van der Waals surface area contributed by atoms with Crippen molar-refractivity contribution in [2.24, 2.45) is 0 Å². The van der Waals surface area contributed by atoms with Crippen LogP contribution in [-0.2, 0) is 4.79 Å². The van der Waals surface area contributed by atoms with Crippen LogP contribution in [0, 0.1) is 0 Å². The SMILES string of the molecule is CCC(CO)NC(=O)[C@H](O)c1ccccc1. The lowest BCUT2D eigenvalue weighted by Crippen LogP contribution is -2.39. The van der Waals surface area contributed by atoms with Crippen LogP contribution in [0.5, 0.6) is 0 Å². The number of aliphatic hydroxyl groups is 2. The highest BCUT2D eigenvalue weighted by atomic mass is 16.3. The molecule has 0 aromatic heterocycles. The lowest BCUT2D eigenvalue weighted by molar-refractivity contribution is -0.130. The molecule has 1 aromatic rings. The Hall–Kier alpha value is -1.39. The van der Waals surface area contributed by atoms with Gasteiger partial charge in [0.25, 0.3) is 5.91 Å². The van der Waals surface area contributed by atoms with Gasteiger partial charge in [0, 0.05) is 0 Å². The Morgan fingerprint density at radius 2 is 2.00 bits per heavy atom. The fourth-order valence-electron chi connectivity index (χ4n) is 1.34. The van der Waals surface area contributed by atoms with Crippen LogP contribution in [0.1, 0.15) is 25.0 Å². The van der Waals surface area contributed by atoms with Gasteiger partial charge in [0.1, 0.15) is 0 Å². The van der Waals surface area contributed by atoms with Gasteiger partial charge in [-0.1, -0.05) is 37.3 Å². The zero-order chi connectivity index (χ0) is 12.0. The minimum atomic E-state index is -1.18. The highest BCUT2D eigenvalue weighted by Crippen LogP contribution is 2.12. The van der Waals surface area contributed by atoms with Crippen LogP contribution in [0.4, 0.5) is 0 Å². The third-order valence-electron chi connectivity index (χ3n) is 2.42. The monoisotopic (exact) mass is 223 g/mol. The van der Waals surface area contributed by atoms with Crippen molar-refractivity contribution in [3.8, 4) is 0 Å². The van der Waals surface area contributed by atoms with Crippen LogP contribution in [0.3, 0.4) is 0 Å². The molecule has 88 valence electrons. The van der Waals surface area contributed by atoms with E-state index in [1.807, 2.05) is 13.0 Å². The van der Waals surface area contributed by atoms with Crippen molar-refractivity contribution in [2.75, 3.05) is 6.61 Å². The molecule has 0 fully saturated rings. The lowest BCUT2D eigenvalue weighted by atomic mass is 10.1. The zero-order valence-electron chi connectivity index (χ0n) is 9.26. The number of carbonyl (C=O) groups excluding carboxylic acids is 1. The summed E-state index contributed by atoms with van der Waals surface area (Å²) in [6.45, 7) is 1.74. The average Bonchev–Trinajstić information content (AvgIpc) is 2.35. The maximum absolute atomic E-state index is 11.6. The molecule has 3 N–H and O–H groups in total. The molecule has 16 heavy (non-hydrogen) atoms. The lowest BCUT2D eigenvalue weighted by Gasteiger charge is -2.17. The molecule has 4 heteroatoms. The topological polar surface area (TPSA) is 69.6 Å². The van der Waals surface area contributed by atoms with Gasteiger partial charge in [-0.2, -0.15) is 0 Å². The van der Waals surface area contributed by atoms with Crippen LogP contribution >= 0.6 is 0 Å². The summed E-state index contributed by atoms with van der Waals surface area (Å²) in [4.78, 5) is 11.6. The van der Waals surface area contributed by atoms with E-state index in [0.717, 1.165) is 0 Å². The second-order valence-corrected chi connectivity index (χ2v) is 3.61. The maximum atomic E-state index is 11.6. The van der Waals surface area contributed by atoms with Crippen molar-refractivity contribution in [3.05, 3.63) is 35.9 Å². The molecule has 0 aliphatic carbocycles. The van der Waals surface area contributed by atoms with Crippen molar-refractivity contribution in [1.82, 2.24) is 5.32 Å². The van der Waals surface area contributed by atoms with E-state index >= 15 is 0 Å². The van der Waals surface area contributed by atoms with Crippen molar-refractivity contribution in [3.63, 3.8) is 0 Å². The number of rotatable bonds is 5. The number of nitrogens with one attached hydrogen (secondary N) is 1. The fourth-order valence-corrected chi connectivity index (χ4v) is 1.34.